The number of quaternary nitrogens is 1. The number of nitrogens with zero attached hydrogens (tertiary/aromatic N) is 2. The third-order valence-electron chi connectivity index (χ3n) is 4.58. The van der Waals surface area contributed by atoms with Gasteiger partial charge < -0.3 is 25.7 Å². The Hall–Kier alpha value is -1.37. The second-order valence-electron chi connectivity index (χ2n) is 5.93. The average molecular weight is 418 g/mol. The van der Waals surface area contributed by atoms with E-state index in [1.165, 1.54) is 23.1 Å². The number of β-lactam (4-membered cyclic amide) rings is 1. The number of thioether (sulfide) groups is 1. The van der Waals surface area contributed by atoms with Crippen molar-refractivity contribution >= 4 is 81.3 Å². The summed E-state index contributed by atoms with van der Waals surface area (Å²) >= 11 is 2.52. The van der Waals surface area contributed by atoms with Gasteiger partial charge in [-0.1, -0.05) is 11.8 Å². The fourth-order valence-electron chi connectivity index (χ4n) is 3.33. The molecule has 1 aromatic rings. The van der Waals surface area contributed by atoms with Crippen molar-refractivity contribution in [1.29, 1.82) is 0 Å². The van der Waals surface area contributed by atoms with Crippen LogP contribution in [0.5, 0.6) is 0 Å². The van der Waals surface area contributed by atoms with Crippen LogP contribution in [0.15, 0.2) is 23.3 Å². The van der Waals surface area contributed by atoms with Crippen molar-refractivity contribution in [3.05, 3.63) is 29.0 Å². The molecule has 27 heavy (non-hydrogen) atoms. The van der Waals surface area contributed by atoms with Crippen LogP contribution in [0.1, 0.15) is 5.69 Å². The molecule has 3 amide bonds. The number of ether oxygens (including phenoxy) is 1. The molecule has 9 nitrogen and oxygen atoms in total. The van der Waals surface area contributed by atoms with Crippen LogP contribution in [-0.4, -0.2) is 87.3 Å². The van der Waals surface area contributed by atoms with E-state index in [9.17, 15) is 19.5 Å². The summed E-state index contributed by atoms with van der Waals surface area (Å²) in [5.74, 6) is -0.282. The molecular weight excluding hydrogens is 403 g/mol. The molecule has 4 heterocycles. The molecule has 3 aliphatic rings. The molecule has 2 fully saturated rings. The average Bonchev–Trinajstić information content (AvgIpc) is 3.33. The number of hydrogen-bond acceptors (Lipinski definition) is 9. The Balaban J connectivity index is 0.00000210. The first-order valence-corrected chi connectivity index (χ1v) is 9.69. The fourth-order valence-corrected chi connectivity index (χ4v) is 5.45. The molecule has 138 valence electrons. The van der Waals surface area contributed by atoms with Gasteiger partial charge in [-0.3, -0.25) is 4.79 Å². The number of amides is 3. The number of allylic oxidation sites excluding steroid dienone is 1. The number of carbonyl (C=O) groups excluding carboxylic acids is 3. The van der Waals surface area contributed by atoms with Crippen LogP contribution in [0.3, 0.4) is 0 Å². The topological polar surface area (TPSA) is 134 Å². The molecule has 3 aliphatic heterocycles. The van der Waals surface area contributed by atoms with Crippen molar-refractivity contribution in [3.8, 4) is 0 Å². The molecule has 0 aliphatic carbocycles. The molecule has 0 radical (unpaired) electrons. The summed E-state index contributed by atoms with van der Waals surface area (Å²) in [5, 5.41) is 15.4. The predicted molar refractivity (Wildman–Crippen MR) is 99.4 cm³/mol. The number of rotatable bonds is 3. The van der Waals surface area contributed by atoms with E-state index in [4.69, 9.17) is 10.5 Å². The summed E-state index contributed by atoms with van der Waals surface area (Å²) in [6.45, 7) is 0.503. The summed E-state index contributed by atoms with van der Waals surface area (Å²) in [4.78, 5) is 40.9. The number of thiazole rings is 1. The zero-order chi connectivity index (χ0) is 18.5. The zero-order valence-corrected chi connectivity index (χ0v) is 15.0. The summed E-state index contributed by atoms with van der Waals surface area (Å²) in [6.07, 6.45) is 1.97. The number of nitrogen functional groups attached to an aromatic ring is 1. The number of aromatic nitrogens is 1. The minimum atomic E-state index is -1.43. The minimum absolute atomic E-state index is 0. The first kappa shape index (κ1) is 20.4. The van der Waals surface area contributed by atoms with Crippen LogP contribution in [0.4, 0.5) is 9.93 Å². The van der Waals surface area contributed by atoms with Gasteiger partial charge in [0.2, 0.25) is 6.04 Å². The molecule has 1 aromatic heterocycles. The molecular formula is C15H15N4NaO5S2. The van der Waals surface area contributed by atoms with Crippen molar-refractivity contribution in [1.82, 2.24) is 10.3 Å². The summed E-state index contributed by atoms with van der Waals surface area (Å²) < 4.78 is 4.70. The Bertz CT molecular complexity index is 885. The van der Waals surface area contributed by atoms with Gasteiger partial charge in [-0.05, 0) is 12.2 Å². The van der Waals surface area contributed by atoms with E-state index in [0.29, 0.717) is 28.9 Å². The van der Waals surface area contributed by atoms with Crippen molar-refractivity contribution in [2.75, 3.05) is 24.6 Å². The predicted octanol–water partition coefficient (Wildman–Crippen LogP) is -1.37. The van der Waals surface area contributed by atoms with Crippen molar-refractivity contribution in [2.45, 2.75) is 11.4 Å². The maximum absolute atomic E-state index is 12.9. The number of nitrogens with one attached hydrogen (secondary N) is 1. The molecule has 12 heteroatoms. The molecule has 3 N–H and O–H groups in total. The third-order valence-corrected chi connectivity index (χ3v) is 6.65. The van der Waals surface area contributed by atoms with Crippen LogP contribution >= 0.6 is 23.1 Å². The zero-order valence-electron chi connectivity index (χ0n) is 13.3. The first-order valence-electron chi connectivity index (χ1n) is 7.76. The number of imide groups is 1. The van der Waals surface area contributed by atoms with Gasteiger partial charge in [-0.2, -0.15) is 4.48 Å². The molecule has 0 bridgehead atoms. The summed E-state index contributed by atoms with van der Waals surface area (Å²) in [5.41, 5.74) is 6.17. The van der Waals surface area contributed by atoms with Gasteiger partial charge in [-0.25, -0.2) is 9.78 Å². The molecule has 2 saturated heterocycles. The number of nitrogens with two attached hydrogens (primary N) is 1. The van der Waals surface area contributed by atoms with E-state index in [0.717, 1.165) is 0 Å². The van der Waals surface area contributed by atoms with Crippen molar-refractivity contribution < 1.29 is 28.7 Å². The van der Waals surface area contributed by atoms with Crippen molar-refractivity contribution in [3.63, 3.8) is 0 Å². The van der Waals surface area contributed by atoms with Crippen molar-refractivity contribution in [2.24, 2.45) is 0 Å². The monoisotopic (exact) mass is 418 g/mol. The summed E-state index contributed by atoms with van der Waals surface area (Å²) in [6, 6.07) is -0.898. The van der Waals surface area contributed by atoms with Crippen LogP contribution in [-0.2, 0) is 14.3 Å². The van der Waals surface area contributed by atoms with Crippen LogP contribution in [0.25, 0.3) is 5.57 Å². The van der Waals surface area contributed by atoms with Crippen LogP contribution < -0.4 is 16.2 Å². The standard InChI is InChI=1S/C15H14N4O5S2.Na.H/c16-14-17-7(6-26-14)9(8-2-1-4-24-8)11(20)18-10-12(21)19(15(22)23)3-5-25-13(10)19;;/h1-2,6,10,13H,3-5H2,(H3-,16,17,18,20,22,23);;/b9-8-;;/t10?,13-,19?;;/m0../s1. The van der Waals surface area contributed by atoms with Crippen LogP contribution in [0, 0.1) is 0 Å². The number of fused-ring (bicyclic) bond motifs is 1. The number of carbonyl (C=O) groups is 3. The summed E-state index contributed by atoms with van der Waals surface area (Å²) in [7, 11) is 0. The Labute approximate surface area is 184 Å². The Kier molecular flexibility index (Phi) is 5.71. The second kappa shape index (κ2) is 7.57. The second-order valence-corrected chi connectivity index (χ2v) is 8.05. The molecule has 0 spiro atoms. The maximum atomic E-state index is 12.9. The Morgan fingerprint density at radius 1 is 1.44 bits per heavy atom. The number of carboxylic acid groups (broad SMARTS) is 1. The van der Waals surface area contributed by atoms with Gasteiger partial charge in [0.25, 0.3) is 12.0 Å². The van der Waals surface area contributed by atoms with E-state index in [1.807, 2.05) is 0 Å². The Morgan fingerprint density at radius 2 is 2.22 bits per heavy atom. The number of hydrogen-bond donors (Lipinski definition) is 2. The molecule has 3 atom stereocenters. The number of anilines is 1. The quantitative estimate of drug-likeness (QED) is 0.266. The van der Waals surface area contributed by atoms with Gasteiger partial charge in [0.1, 0.15) is 24.5 Å². The van der Waals surface area contributed by atoms with Gasteiger partial charge in [-0.15, -0.1) is 11.3 Å². The molecule has 2 unspecified atom stereocenters. The first-order chi connectivity index (χ1) is 12.4. The van der Waals surface area contributed by atoms with Gasteiger partial charge in [0.05, 0.1) is 5.69 Å². The van der Waals surface area contributed by atoms with E-state index >= 15 is 0 Å². The van der Waals surface area contributed by atoms with E-state index in [2.05, 4.69) is 10.3 Å². The molecule has 0 aromatic carbocycles. The fraction of sp³-hybridized carbons (Fsp3) is 0.333. The van der Waals surface area contributed by atoms with Gasteiger partial charge in [0.15, 0.2) is 10.5 Å². The normalized spacial score (nSPS) is 30.0. The Morgan fingerprint density at radius 3 is 2.81 bits per heavy atom. The van der Waals surface area contributed by atoms with E-state index in [1.54, 1.807) is 17.5 Å². The molecule has 0 saturated carbocycles. The third kappa shape index (κ3) is 3.12. The van der Waals surface area contributed by atoms with E-state index < -0.39 is 33.8 Å². The van der Waals surface area contributed by atoms with Gasteiger partial charge in [0, 0.05) is 11.1 Å². The van der Waals surface area contributed by atoms with E-state index in [-0.39, 0.29) is 41.7 Å². The SMILES string of the molecule is Nc1nc(/C(C(=O)NC2C(=O)[N+]3(C(=O)[O-])CCS[C@@H]23)=C2\C=CCO2)cs1.[NaH]. The van der Waals surface area contributed by atoms with Crippen LogP contribution in [0.2, 0.25) is 0 Å². The van der Waals surface area contributed by atoms with Gasteiger partial charge >= 0.3 is 35.5 Å². The molecule has 4 rings (SSSR count).